The maximum atomic E-state index is 10.8. The zero-order valence-corrected chi connectivity index (χ0v) is 11.2. The van der Waals surface area contributed by atoms with Crippen LogP contribution in [0.5, 0.6) is 5.75 Å². The molecule has 2 rings (SSSR count). The van der Waals surface area contributed by atoms with E-state index in [9.17, 15) is 10.1 Å². The summed E-state index contributed by atoms with van der Waals surface area (Å²) in [5.41, 5.74) is 4.38. The van der Waals surface area contributed by atoms with Gasteiger partial charge >= 0.3 is 0 Å². The molecule has 0 atom stereocenters. The van der Waals surface area contributed by atoms with Crippen LogP contribution in [0.25, 0.3) is 0 Å². The van der Waals surface area contributed by atoms with Crippen LogP contribution in [-0.2, 0) is 13.2 Å². The molecule has 0 radical (unpaired) electrons. The SMILES string of the molecule is NNc1ccc([N+](=O)[O-])cc1COc1ccc(CO)cc1. The molecule has 0 aliphatic carbocycles. The van der Waals surface area contributed by atoms with Gasteiger partial charge in [-0.15, -0.1) is 0 Å². The van der Waals surface area contributed by atoms with Crippen molar-refractivity contribution in [2.45, 2.75) is 13.2 Å². The molecule has 0 saturated carbocycles. The molecule has 7 heteroatoms. The number of hydrazine groups is 1. The summed E-state index contributed by atoms with van der Waals surface area (Å²) in [5.74, 6) is 5.98. The number of nitrogens with two attached hydrogens (primary N) is 1. The quantitative estimate of drug-likeness (QED) is 0.426. The van der Waals surface area contributed by atoms with Crippen LogP contribution in [0, 0.1) is 10.1 Å². The molecule has 2 aromatic rings. The molecule has 21 heavy (non-hydrogen) atoms. The van der Waals surface area contributed by atoms with Crippen LogP contribution in [0.15, 0.2) is 42.5 Å². The van der Waals surface area contributed by atoms with Gasteiger partial charge in [-0.2, -0.15) is 0 Å². The summed E-state index contributed by atoms with van der Waals surface area (Å²) < 4.78 is 5.57. The van der Waals surface area contributed by atoms with Gasteiger partial charge in [0.25, 0.3) is 5.69 Å². The first-order valence-electron chi connectivity index (χ1n) is 6.20. The highest BCUT2D eigenvalue weighted by atomic mass is 16.6. The van der Waals surface area contributed by atoms with E-state index in [2.05, 4.69) is 5.43 Å². The zero-order valence-electron chi connectivity index (χ0n) is 11.2. The first-order chi connectivity index (χ1) is 10.1. The Labute approximate surface area is 121 Å². The van der Waals surface area contributed by atoms with Crippen LogP contribution < -0.4 is 16.0 Å². The lowest BCUT2D eigenvalue weighted by Crippen LogP contribution is -2.10. The predicted molar refractivity (Wildman–Crippen MR) is 77.6 cm³/mol. The fourth-order valence-electron chi connectivity index (χ4n) is 1.81. The third-order valence-electron chi connectivity index (χ3n) is 2.96. The van der Waals surface area contributed by atoms with Crippen molar-refractivity contribution in [3.05, 3.63) is 63.7 Å². The number of hydrogen-bond acceptors (Lipinski definition) is 6. The number of non-ortho nitro benzene ring substituents is 1. The summed E-state index contributed by atoms with van der Waals surface area (Å²) in [6.45, 7) is 0.103. The van der Waals surface area contributed by atoms with Crippen LogP contribution >= 0.6 is 0 Å². The third-order valence-corrected chi connectivity index (χ3v) is 2.96. The Morgan fingerprint density at radius 3 is 2.52 bits per heavy atom. The molecule has 0 unspecified atom stereocenters. The van der Waals surface area contributed by atoms with E-state index >= 15 is 0 Å². The van der Waals surface area contributed by atoms with Crippen molar-refractivity contribution >= 4 is 11.4 Å². The molecule has 0 amide bonds. The number of nitrogen functional groups attached to an aromatic ring is 1. The Morgan fingerprint density at radius 1 is 1.24 bits per heavy atom. The maximum Gasteiger partial charge on any atom is 0.269 e. The number of nitrogens with zero attached hydrogens (tertiary/aromatic N) is 1. The normalized spacial score (nSPS) is 10.2. The van der Waals surface area contributed by atoms with Gasteiger partial charge in [0.15, 0.2) is 0 Å². The molecule has 0 aromatic heterocycles. The summed E-state index contributed by atoms with van der Waals surface area (Å²) in [6.07, 6.45) is 0. The van der Waals surface area contributed by atoms with Crippen LogP contribution in [0.2, 0.25) is 0 Å². The van der Waals surface area contributed by atoms with Crippen molar-refractivity contribution in [2.75, 3.05) is 5.43 Å². The Kier molecular flexibility index (Phi) is 4.70. The van der Waals surface area contributed by atoms with Gasteiger partial charge < -0.3 is 15.3 Å². The lowest BCUT2D eigenvalue weighted by molar-refractivity contribution is -0.384. The number of ether oxygens (including phenoxy) is 1. The molecule has 7 nitrogen and oxygen atoms in total. The molecule has 2 aromatic carbocycles. The van der Waals surface area contributed by atoms with Gasteiger partial charge in [0.05, 0.1) is 17.2 Å². The number of anilines is 1. The largest absolute Gasteiger partial charge is 0.489 e. The molecule has 110 valence electrons. The van der Waals surface area contributed by atoms with Gasteiger partial charge in [0.2, 0.25) is 0 Å². The Bertz CT molecular complexity index is 629. The molecule has 0 saturated heterocycles. The molecule has 4 N–H and O–H groups in total. The summed E-state index contributed by atoms with van der Waals surface area (Å²) in [7, 11) is 0. The predicted octanol–water partition coefficient (Wildman–Crippen LogP) is 1.95. The molecule has 0 fully saturated rings. The van der Waals surface area contributed by atoms with E-state index in [0.717, 1.165) is 5.56 Å². The lowest BCUT2D eigenvalue weighted by Gasteiger charge is -2.11. The monoisotopic (exact) mass is 289 g/mol. The standard InChI is InChI=1S/C14H15N3O4/c15-16-14-6-3-12(17(19)20)7-11(14)9-21-13-4-1-10(8-18)2-5-13/h1-7,16,18H,8-9,15H2. The zero-order chi connectivity index (χ0) is 15.2. The van der Waals surface area contributed by atoms with Gasteiger partial charge in [-0.25, -0.2) is 0 Å². The van der Waals surface area contributed by atoms with Gasteiger partial charge in [0, 0.05) is 17.7 Å². The van der Waals surface area contributed by atoms with E-state index in [1.807, 2.05) is 0 Å². The maximum absolute atomic E-state index is 10.8. The fraction of sp³-hybridized carbons (Fsp3) is 0.143. The summed E-state index contributed by atoms with van der Waals surface area (Å²) >= 11 is 0. The number of nitro benzene ring substituents is 1. The lowest BCUT2D eigenvalue weighted by atomic mass is 10.1. The first kappa shape index (κ1) is 14.8. The van der Waals surface area contributed by atoms with Crippen LogP contribution in [-0.4, -0.2) is 10.0 Å². The van der Waals surface area contributed by atoms with E-state index in [4.69, 9.17) is 15.7 Å². The molecule has 0 bridgehead atoms. The van der Waals surface area contributed by atoms with Gasteiger partial charge in [-0.3, -0.25) is 16.0 Å². The van der Waals surface area contributed by atoms with E-state index in [1.165, 1.54) is 18.2 Å². The minimum Gasteiger partial charge on any atom is -0.489 e. The Balaban J connectivity index is 2.13. The molecule has 0 aliphatic rings. The average Bonchev–Trinajstić information content (AvgIpc) is 2.53. The summed E-state index contributed by atoms with van der Waals surface area (Å²) in [4.78, 5) is 10.3. The minimum atomic E-state index is -0.472. The number of nitro groups is 1. The fourth-order valence-corrected chi connectivity index (χ4v) is 1.81. The van der Waals surface area contributed by atoms with Crippen LogP contribution in [0.1, 0.15) is 11.1 Å². The van der Waals surface area contributed by atoms with E-state index in [0.29, 0.717) is 17.0 Å². The van der Waals surface area contributed by atoms with Crippen molar-refractivity contribution in [3.8, 4) is 5.75 Å². The molecular formula is C14H15N3O4. The van der Waals surface area contributed by atoms with Crippen molar-refractivity contribution in [3.63, 3.8) is 0 Å². The average molecular weight is 289 g/mol. The number of benzene rings is 2. The van der Waals surface area contributed by atoms with Crippen molar-refractivity contribution in [1.82, 2.24) is 0 Å². The smallest absolute Gasteiger partial charge is 0.269 e. The third kappa shape index (κ3) is 3.68. The number of nitrogens with one attached hydrogen (secondary N) is 1. The Hall–Kier alpha value is -2.64. The number of aliphatic hydroxyl groups is 1. The van der Waals surface area contributed by atoms with Crippen molar-refractivity contribution in [1.29, 1.82) is 0 Å². The number of hydrogen-bond donors (Lipinski definition) is 3. The second kappa shape index (κ2) is 6.69. The summed E-state index contributed by atoms with van der Waals surface area (Å²) in [5, 5.41) is 19.7. The molecule has 0 heterocycles. The highest BCUT2D eigenvalue weighted by molar-refractivity contribution is 5.55. The minimum absolute atomic E-state index is 0.0248. The van der Waals surface area contributed by atoms with Gasteiger partial charge in [-0.1, -0.05) is 12.1 Å². The molecule has 0 spiro atoms. The number of aliphatic hydroxyl groups excluding tert-OH is 1. The van der Waals surface area contributed by atoms with Crippen molar-refractivity contribution in [2.24, 2.45) is 5.84 Å². The van der Waals surface area contributed by atoms with Gasteiger partial charge in [0.1, 0.15) is 12.4 Å². The van der Waals surface area contributed by atoms with Crippen LogP contribution in [0.3, 0.4) is 0 Å². The van der Waals surface area contributed by atoms with Crippen molar-refractivity contribution < 1.29 is 14.8 Å². The molecular weight excluding hydrogens is 274 g/mol. The molecule has 0 aliphatic heterocycles. The highest BCUT2D eigenvalue weighted by Crippen LogP contribution is 2.23. The van der Waals surface area contributed by atoms with Crippen LogP contribution in [0.4, 0.5) is 11.4 Å². The number of rotatable bonds is 6. The van der Waals surface area contributed by atoms with E-state index < -0.39 is 4.92 Å². The first-order valence-corrected chi connectivity index (χ1v) is 6.20. The highest BCUT2D eigenvalue weighted by Gasteiger charge is 2.11. The Morgan fingerprint density at radius 2 is 1.95 bits per heavy atom. The van der Waals surface area contributed by atoms with E-state index in [1.54, 1.807) is 24.3 Å². The second-order valence-electron chi connectivity index (χ2n) is 4.33. The van der Waals surface area contributed by atoms with Gasteiger partial charge in [-0.05, 0) is 23.8 Å². The topological polar surface area (TPSA) is 111 Å². The second-order valence-corrected chi connectivity index (χ2v) is 4.33. The van der Waals surface area contributed by atoms with E-state index in [-0.39, 0.29) is 18.9 Å². The summed E-state index contributed by atoms with van der Waals surface area (Å²) in [6, 6.07) is 11.2.